The summed E-state index contributed by atoms with van der Waals surface area (Å²) in [6.07, 6.45) is 1.22. The van der Waals surface area contributed by atoms with Crippen molar-refractivity contribution in [2.45, 2.75) is 13.8 Å². The van der Waals surface area contributed by atoms with Crippen LogP contribution in [-0.2, 0) is 4.79 Å². The second kappa shape index (κ2) is 3.05. The molecule has 2 nitrogen and oxygen atoms in total. The molecule has 0 spiro atoms. The summed E-state index contributed by atoms with van der Waals surface area (Å²) in [6, 6.07) is 0. The van der Waals surface area contributed by atoms with Gasteiger partial charge in [0.25, 0.3) is 0 Å². The summed E-state index contributed by atoms with van der Waals surface area (Å²) in [5.74, 6) is -0.453. The molecule has 0 bridgehead atoms. The Morgan fingerprint density at radius 3 is 2.25 bits per heavy atom. The molecule has 0 aromatic carbocycles. The highest BCUT2D eigenvalue weighted by molar-refractivity contribution is 5.85. The van der Waals surface area contributed by atoms with Crippen LogP contribution in [0.2, 0.25) is 0 Å². The summed E-state index contributed by atoms with van der Waals surface area (Å²) >= 11 is 0. The topological polar surface area (TPSA) is 43.1 Å². The number of nitrogens with two attached hydrogens (primary N) is 1. The number of hydrogen-bond donors (Lipinski definition) is 1. The third kappa shape index (κ3) is 4.99. The second-order valence-electron chi connectivity index (χ2n) is 1.69. The number of primary amides is 1. The van der Waals surface area contributed by atoms with E-state index in [0.717, 1.165) is 5.57 Å². The van der Waals surface area contributed by atoms with Crippen LogP contribution in [0.15, 0.2) is 17.4 Å². The Balaban J connectivity index is 4.03. The summed E-state index contributed by atoms with van der Waals surface area (Å²) in [5, 5.41) is 0. The summed E-state index contributed by atoms with van der Waals surface area (Å²) in [5.41, 5.74) is 8.38. The second-order valence-corrected chi connectivity index (χ2v) is 1.69. The quantitative estimate of drug-likeness (QED) is 0.390. The zero-order chi connectivity index (χ0) is 6.57. The molecule has 2 heteroatoms. The summed E-state index contributed by atoms with van der Waals surface area (Å²) < 4.78 is 0. The average Bonchev–Trinajstić information content (AvgIpc) is 1.61. The lowest BCUT2D eigenvalue weighted by atomic mass is 10.4. The van der Waals surface area contributed by atoms with E-state index in [4.69, 9.17) is 5.73 Å². The summed E-state index contributed by atoms with van der Waals surface area (Å²) in [6.45, 7) is 3.69. The standard InChI is InChI=1S/C6H9NO/c1-5(2)3-4-6(7)8/h4H,1-2H3,(H2,7,8). The maximum absolute atomic E-state index is 9.99. The Hall–Kier alpha value is -1.01. The van der Waals surface area contributed by atoms with Gasteiger partial charge >= 0.3 is 0 Å². The molecule has 0 unspecified atom stereocenters. The first-order valence-corrected chi connectivity index (χ1v) is 2.32. The van der Waals surface area contributed by atoms with Crippen molar-refractivity contribution in [3.8, 4) is 0 Å². The first kappa shape index (κ1) is 6.99. The molecule has 0 aromatic heterocycles. The van der Waals surface area contributed by atoms with Crippen molar-refractivity contribution in [2.24, 2.45) is 5.73 Å². The van der Waals surface area contributed by atoms with Crippen LogP contribution in [0.3, 0.4) is 0 Å². The predicted octanol–water partition coefficient (Wildman–Crippen LogP) is 0.593. The van der Waals surface area contributed by atoms with Gasteiger partial charge in [0, 0.05) is 6.08 Å². The number of carbonyl (C=O) groups excluding carboxylic acids is 1. The van der Waals surface area contributed by atoms with Gasteiger partial charge in [0.15, 0.2) is 0 Å². The largest absolute Gasteiger partial charge is 0.366 e. The van der Waals surface area contributed by atoms with Crippen molar-refractivity contribution in [3.63, 3.8) is 0 Å². The van der Waals surface area contributed by atoms with Gasteiger partial charge in [-0.3, -0.25) is 4.79 Å². The van der Waals surface area contributed by atoms with E-state index < -0.39 is 5.91 Å². The molecular formula is C6H9NO. The van der Waals surface area contributed by atoms with Gasteiger partial charge in [-0.15, -0.1) is 5.73 Å². The van der Waals surface area contributed by atoms with Gasteiger partial charge in [-0.1, -0.05) is 0 Å². The molecule has 0 aliphatic rings. The maximum atomic E-state index is 9.99. The van der Waals surface area contributed by atoms with Crippen LogP contribution in [0.5, 0.6) is 0 Å². The molecule has 2 N–H and O–H groups in total. The Labute approximate surface area is 48.7 Å². The van der Waals surface area contributed by atoms with Crippen LogP contribution in [0.1, 0.15) is 13.8 Å². The summed E-state index contributed by atoms with van der Waals surface area (Å²) in [7, 11) is 0. The van der Waals surface area contributed by atoms with Gasteiger partial charge in [0.1, 0.15) is 0 Å². The van der Waals surface area contributed by atoms with Crippen LogP contribution >= 0.6 is 0 Å². The number of hydrogen-bond acceptors (Lipinski definition) is 1. The SMILES string of the molecule is CC(C)=C=CC(N)=O. The maximum Gasteiger partial charge on any atom is 0.249 e. The van der Waals surface area contributed by atoms with Gasteiger partial charge < -0.3 is 5.73 Å². The fourth-order valence-corrected chi connectivity index (χ4v) is 0.215. The monoisotopic (exact) mass is 111 g/mol. The molecule has 0 rings (SSSR count). The van der Waals surface area contributed by atoms with E-state index in [0.29, 0.717) is 0 Å². The van der Waals surface area contributed by atoms with Gasteiger partial charge in [-0.05, 0) is 19.4 Å². The molecule has 0 fully saturated rings. The zero-order valence-electron chi connectivity index (χ0n) is 5.06. The van der Waals surface area contributed by atoms with Crippen molar-refractivity contribution in [1.29, 1.82) is 0 Å². The highest BCUT2D eigenvalue weighted by Gasteiger charge is 1.76. The molecule has 0 heterocycles. The molecule has 1 amide bonds. The lowest BCUT2D eigenvalue weighted by Gasteiger charge is -1.74. The Kier molecular flexibility index (Phi) is 2.67. The van der Waals surface area contributed by atoms with Gasteiger partial charge in [0.05, 0.1) is 0 Å². The minimum Gasteiger partial charge on any atom is -0.366 e. The van der Waals surface area contributed by atoms with E-state index in [9.17, 15) is 4.79 Å². The molecule has 0 atom stereocenters. The number of amides is 1. The van der Waals surface area contributed by atoms with Crippen LogP contribution in [0.4, 0.5) is 0 Å². The van der Waals surface area contributed by atoms with E-state index in [1.165, 1.54) is 6.08 Å². The van der Waals surface area contributed by atoms with Crippen LogP contribution in [0, 0.1) is 0 Å². The normalized spacial score (nSPS) is 7.25. The van der Waals surface area contributed by atoms with Crippen molar-refractivity contribution in [2.75, 3.05) is 0 Å². The molecule has 8 heavy (non-hydrogen) atoms. The van der Waals surface area contributed by atoms with Crippen LogP contribution < -0.4 is 5.73 Å². The molecule has 0 aliphatic carbocycles. The Morgan fingerprint density at radius 2 is 2.12 bits per heavy atom. The molecule has 0 saturated carbocycles. The van der Waals surface area contributed by atoms with Crippen molar-refractivity contribution in [3.05, 3.63) is 17.4 Å². The van der Waals surface area contributed by atoms with E-state index >= 15 is 0 Å². The molecular weight excluding hydrogens is 102 g/mol. The van der Waals surface area contributed by atoms with E-state index in [-0.39, 0.29) is 0 Å². The zero-order valence-corrected chi connectivity index (χ0v) is 5.06. The fourth-order valence-electron chi connectivity index (χ4n) is 0.215. The number of rotatable bonds is 1. The molecule has 0 aromatic rings. The first-order valence-electron chi connectivity index (χ1n) is 2.32. The molecule has 0 radical (unpaired) electrons. The average molecular weight is 111 g/mol. The smallest absolute Gasteiger partial charge is 0.249 e. The molecule has 44 valence electrons. The van der Waals surface area contributed by atoms with Gasteiger partial charge in [-0.2, -0.15) is 0 Å². The van der Waals surface area contributed by atoms with Crippen molar-refractivity contribution >= 4 is 5.91 Å². The van der Waals surface area contributed by atoms with E-state index in [1.54, 1.807) is 0 Å². The van der Waals surface area contributed by atoms with Gasteiger partial charge in [0.2, 0.25) is 5.91 Å². The minimum atomic E-state index is -0.453. The first-order chi connectivity index (χ1) is 3.63. The Bertz CT molecular complexity index is 148. The highest BCUT2D eigenvalue weighted by atomic mass is 16.1. The fraction of sp³-hybridized carbons (Fsp3) is 0.333. The van der Waals surface area contributed by atoms with Crippen molar-refractivity contribution in [1.82, 2.24) is 0 Å². The highest BCUT2D eigenvalue weighted by Crippen LogP contribution is 1.81. The molecule has 0 aliphatic heterocycles. The third-order valence-corrected chi connectivity index (χ3v) is 0.503. The van der Waals surface area contributed by atoms with Gasteiger partial charge in [-0.25, -0.2) is 0 Å². The van der Waals surface area contributed by atoms with E-state index in [2.05, 4.69) is 5.73 Å². The third-order valence-electron chi connectivity index (χ3n) is 0.503. The van der Waals surface area contributed by atoms with Crippen molar-refractivity contribution < 1.29 is 4.79 Å². The number of carbonyl (C=O) groups is 1. The van der Waals surface area contributed by atoms with Crippen LogP contribution in [-0.4, -0.2) is 5.91 Å². The van der Waals surface area contributed by atoms with E-state index in [1.807, 2.05) is 13.8 Å². The lowest BCUT2D eigenvalue weighted by molar-refractivity contribution is -0.113. The minimum absolute atomic E-state index is 0.453. The predicted molar refractivity (Wildman–Crippen MR) is 32.1 cm³/mol. The Morgan fingerprint density at radius 1 is 1.62 bits per heavy atom. The van der Waals surface area contributed by atoms with Crippen LogP contribution in [0.25, 0.3) is 0 Å². The molecule has 0 saturated heterocycles. The lowest BCUT2D eigenvalue weighted by Crippen LogP contribution is -2.04. The summed E-state index contributed by atoms with van der Waals surface area (Å²) in [4.78, 5) is 9.99.